The van der Waals surface area contributed by atoms with Gasteiger partial charge in [0.15, 0.2) is 6.40 Å². The number of rotatable bonds is 3. The molecule has 0 aliphatic heterocycles. The molecule has 0 N–H and O–H groups in total. The monoisotopic (exact) mass is 149 g/mol. The lowest BCUT2D eigenvalue weighted by molar-refractivity contribution is 0.571. The van der Waals surface area contributed by atoms with Gasteiger partial charge < -0.3 is 4.74 Å². The van der Waals surface area contributed by atoms with E-state index in [-0.39, 0.29) is 0 Å². The summed E-state index contributed by atoms with van der Waals surface area (Å²) in [5.74, 6) is 0.824. The van der Waals surface area contributed by atoms with Crippen LogP contribution in [0.15, 0.2) is 35.3 Å². The van der Waals surface area contributed by atoms with E-state index >= 15 is 0 Å². The van der Waals surface area contributed by atoms with Gasteiger partial charge in [-0.05, 0) is 19.1 Å². The summed E-state index contributed by atoms with van der Waals surface area (Å²) in [4.78, 5) is 3.92. The number of hydrogen-bond acceptors (Lipinski definition) is 2. The number of benzene rings is 1. The van der Waals surface area contributed by atoms with Crippen molar-refractivity contribution >= 4 is 6.40 Å². The van der Waals surface area contributed by atoms with Crippen LogP contribution in [0.5, 0.6) is 5.75 Å². The summed E-state index contributed by atoms with van der Waals surface area (Å²) >= 11 is 0. The normalized spacial score (nSPS) is 10.3. The fourth-order valence-corrected chi connectivity index (χ4v) is 0.672. The molecule has 0 heterocycles. The molecule has 0 saturated carbocycles. The summed E-state index contributed by atoms with van der Waals surface area (Å²) in [6, 6.07) is 9.58. The van der Waals surface area contributed by atoms with Gasteiger partial charge in [-0.3, -0.25) is 4.99 Å². The van der Waals surface area contributed by atoms with E-state index in [0.717, 1.165) is 12.3 Å². The van der Waals surface area contributed by atoms with Gasteiger partial charge in [-0.1, -0.05) is 18.2 Å². The zero-order valence-corrected chi connectivity index (χ0v) is 6.53. The molecule has 0 aliphatic carbocycles. The SMILES string of the molecule is CCN=COc1ccccc1. The van der Waals surface area contributed by atoms with Crippen LogP contribution in [0.3, 0.4) is 0 Å². The van der Waals surface area contributed by atoms with Crippen LogP contribution in [0.4, 0.5) is 0 Å². The molecule has 0 saturated heterocycles. The maximum absolute atomic E-state index is 5.15. The van der Waals surface area contributed by atoms with E-state index in [1.807, 2.05) is 37.3 Å². The number of hydrogen-bond donors (Lipinski definition) is 0. The maximum atomic E-state index is 5.15. The highest BCUT2D eigenvalue weighted by atomic mass is 16.5. The van der Waals surface area contributed by atoms with Crippen LogP contribution in [0.25, 0.3) is 0 Å². The van der Waals surface area contributed by atoms with Crippen LogP contribution < -0.4 is 4.74 Å². The molecule has 0 aromatic heterocycles. The lowest BCUT2D eigenvalue weighted by Crippen LogP contribution is -1.89. The Morgan fingerprint density at radius 3 is 2.73 bits per heavy atom. The van der Waals surface area contributed by atoms with Crippen molar-refractivity contribution in [3.05, 3.63) is 30.3 Å². The molecule has 0 atom stereocenters. The van der Waals surface area contributed by atoms with E-state index in [4.69, 9.17) is 4.74 Å². The zero-order valence-electron chi connectivity index (χ0n) is 6.53. The first kappa shape index (κ1) is 7.79. The molecule has 1 rings (SSSR count). The third-order valence-electron chi connectivity index (χ3n) is 1.19. The maximum Gasteiger partial charge on any atom is 0.176 e. The van der Waals surface area contributed by atoms with Crippen LogP contribution in [-0.2, 0) is 0 Å². The van der Waals surface area contributed by atoms with Crippen molar-refractivity contribution < 1.29 is 4.74 Å². The van der Waals surface area contributed by atoms with Crippen LogP contribution >= 0.6 is 0 Å². The zero-order chi connectivity index (χ0) is 7.94. The molecular formula is C9H11NO. The Kier molecular flexibility index (Phi) is 3.19. The van der Waals surface area contributed by atoms with Gasteiger partial charge in [-0.25, -0.2) is 0 Å². The summed E-state index contributed by atoms with van der Waals surface area (Å²) in [6.07, 6.45) is 1.47. The molecule has 0 radical (unpaired) electrons. The van der Waals surface area contributed by atoms with Crippen LogP contribution in [0, 0.1) is 0 Å². The van der Waals surface area contributed by atoms with Crippen LogP contribution in [-0.4, -0.2) is 12.9 Å². The second-order valence-corrected chi connectivity index (χ2v) is 2.04. The quantitative estimate of drug-likeness (QED) is 0.476. The van der Waals surface area contributed by atoms with Crippen molar-refractivity contribution in [1.82, 2.24) is 0 Å². The molecule has 0 unspecified atom stereocenters. The van der Waals surface area contributed by atoms with Gasteiger partial charge in [0.25, 0.3) is 0 Å². The van der Waals surface area contributed by atoms with E-state index in [9.17, 15) is 0 Å². The Balaban J connectivity index is 2.45. The van der Waals surface area contributed by atoms with Gasteiger partial charge in [-0.2, -0.15) is 0 Å². The van der Waals surface area contributed by atoms with Gasteiger partial charge in [0, 0.05) is 6.54 Å². The molecular weight excluding hydrogens is 138 g/mol. The number of aliphatic imine (C=N–C) groups is 1. The van der Waals surface area contributed by atoms with Crippen molar-refractivity contribution in [1.29, 1.82) is 0 Å². The molecule has 11 heavy (non-hydrogen) atoms. The number of para-hydroxylation sites is 1. The van der Waals surface area contributed by atoms with Gasteiger partial charge in [-0.15, -0.1) is 0 Å². The molecule has 0 bridgehead atoms. The molecule has 0 spiro atoms. The Hall–Kier alpha value is -1.31. The molecule has 0 aliphatic rings. The summed E-state index contributed by atoms with van der Waals surface area (Å²) in [6.45, 7) is 2.72. The van der Waals surface area contributed by atoms with E-state index in [0.29, 0.717) is 0 Å². The van der Waals surface area contributed by atoms with Crippen molar-refractivity contribution in [3.63, 3.8) is 0 Å². The van der Waals surface area contributed by atoms with E-state index < -0.39 is 0 Å². The fourth-order valence-electron chi connectivity index (χ4n) is 0.672. The molecule has 2 nitrogen and oxygen atoms in total. The minimum atomic E-state index is 0.757. The molecule has 58 valence electrons. The van der Waals surface area contributed by atoms with Gasteiger partial charge in [0.1, 0.15) is 5.75 Å². The second-order valence-electron chi connectivity index (χ2n) is 2.04. The topological polar surface area (TPSA) is 21.6 Å². The molecule has 2 heteroatoms. The molecule has 1 aromatic carbocycles. The summed E-state index contributed by atoms with van der Waals surface area (Å²) < 4.78 is 5.15. The average Bonchev–Trinajstić information content (AvgIpc) is 2.07. The van der Waals surface area contributed by atoms with E-state index in [2.05, 4.69) is 4.99 Å². The molecule has 0 amide bonds. The Morgan fingerprint density at radius 1 is 1.36 bits per heavy atom. The highest BCUT2D eigenvalue weighted by Gasteiger charge is 1.84. The predicted octanol–water partition coefficient (Wildman–Crippen LogP) is 2.11. The minimum Gasteiger partial charge on any atom is -0.446 e. The smallest absolute Gasteiger partial charge is 0.176 e. The number of nitrogens with zero attached hydrogens (tertiary/aromatic N) is 1. The predicted molar refractivity (Wildman–Crippen MR) is 46.1 cm³/mol. The van der Waals surface area contributed by atoms with E-state index in [1.165, 1.54) is 6.40 Å². The Bertz CT molecular complexity index is 218. The summed E-state index contributed by atoms with van der Waals surface area (Å²) in [5.41, 5.74) is 0. The molecule has 0 fully saturated rings. The number of ether oxygens (including phenoxy) is 1. The minimum absolute atomic E-state index is 0.757. The van der Waals surface area contributed by atoms with Crippen molar-refractivity contribution in [2.75, 3.05) is 6.54 Å². The van der Waals surface area contributed by atoms with Crippen molar-refractivity contribution in [2.45, 2.75) is 6.92 Å². The van der Waals surface area contributed by atoms with Gasteiger partial charge >= 0.3 is 0 Å². The summed E-state index contributed by atoms with van der Waals surface area (Å²) in [5, 5.41) is 0. The first-order valence-electron chi connectivity index (χ1n) is 3.63. The Labute approximate surface area is 66.5 Å². The standard InChI is InChI=1S/C9H11NO/c1-2-10-8-11-9-6-4-3-5-7-9/h3-8H,2H2,1H3. The first-order valence-corrected chi connectivity index (χ1v) is 3.63. The third-order valence-corrected chi connectivity index (χ3v) is 1.19. The lowest BCUT2D eigenvalue weighted by atomic mass is 10.3. The van der Waals surface area contributed by atoms with E-state index in [1.54, 1.807) is 0 Å². The van der Waals surface area contributed by atoms with Gasteiger partial charge in [0.2, 0.25) is 0 Å². The third kappa shape index (κ3) is 2.85. The first-order chi connectivity index (χ1) is 5.43. The highest BCUT2D eigenvalue weighted by molar-refractivity contribution is 5.51. The summed E-state index contributed by atoms with van der Waals surface area (Å²) in [7, 11) is 0. The van der Waals surface area contributed by atoms with Gasteiger partial charge in [0.05, 0.1) is 0 Å². The van der Waals surface area contributed by atoms with Crippen molar-refractivity contribution in [2.24, 2.45) is 4.99 Å². The Morgan fingerprint density at radius 2 is 2.09 bits per heavy atom. The average molecular weight is 149 g/mol. The highest BCUT2D eigenvalue weighted by Crippen LogP contribution is 2.06. The van der Waals surface area contributed by atoms with Crippen LogP contribution in [0.2, 0.25) is 0 Å². The fraction of sp³-hybridized carbons (Fsp3) is 0.222. The largest absolute Gasteiger partial charge is 0.446 e. The van der Waals surface area contributed by atoms with Crippen LogP contribution in [0.1, 0.15) is 6.92 Å². The molecule has 1 aromatic rings. The second kappa shape index (κ2) is 4.50. The lowest BCUT2D eigenvalue weighted by Gasteiger charge is -1.95. The van der Waals surface area contributed by atoms with Crippen molar-refractivity contribution in [3.8, 4) is 5.75 Å².